The summed E-state index contributed by atoms with van der Waals surface area (Å²) in [5.74, 6) is 0.0268. The van der Waals surface area contributed by atoms with Crippen LogP contribution < -0.4 is 0 Å². The number of halogens is 2. The third-order valence-electron chi connectivity index (χ3n) is 2.88. The van der Waals surface area contributed by atoms with Gasteiger partial charge in [0, 0.05) is 19.2 Å². The lowest BCUT2D eigenvalue weighted by atomic mass is 10.0. The summed E-state index contributed by atoms with van der Waals surface area (Å²) in [6, 6.07) is 5.22. The normalized spacial score (nSPS) is 10.7. The Labute approximate surface area is 115 Å². The molecule has 0 amide bonds. The molecule has 0 atom stereocenters. The fourth-order valence-corrected chi connectivity index (χ4v) is 2.02. The Morgan fingerprint density at radius 1 is 1.33 bits per heavy atom. The van der Waals surface area contributed by atoms with Crippen molar-refractivity contribution in [2.45, 2.75) is 13.3 Å². The Balaban J connectivity index is 2.21. The molecule has 0 N–H and O–H groups in total. The third kappa shape index (κ3) is 2.57. The Kier molecular flexibility index (Phi) is 3.73. The number of carbonyl (C=O) groups excluding carboxylic acids is 1. The van der Waals surface area contributed by atoms with Gasteiger partial charge in [0.25, 0.3) is 0 Å². The van der Waals surface area contributed by atoms with E-state index in [1.165, 1.54) is 0 Å². The molecule has 0 saturated carbocycles. The summed E-state index contributed by atoms with van der Waals surface area (Å²) in [4.78, 5) is 12.1. The van der Waals surface area contributed by atoms with Gasteiger partial charge in [0.15, 0.2) is 5.78 Å². The van der Waals surface area contributed by atoms with Crippen molar-refractivity contribution in [1.29, 1.82) is 0 Å². The highest BCUT2D eigenvalue weighted by molar-refractivity contribution is 6.42. The van der Waals surface area contributed by atoms with Crippen LogP contribution in [-0.4, -0.2) is 15.6 Å². The molecule has 0 fully saturated rings. The molecule has 0 bridgehead atoms. The summed E-state index contributed by atoms with van der Waals surface area (Å²) >= 11 is 11.8. The molecule has 0 saturated heterocycles. The van der Waals surface area contributed by atoms with Crippen LogP contribution in [0, 0.1) is 6.92 Å². The molecule has 1 aromatic heterocycles. The van der Waals surface area contributed by atoms with Crippen molar-refractivity contribution in [2.24, 2.45) is 7.05 Å². The van der Waals surface area contributed by atoms with Gasteiger partial charge in [-0.05, 0) is 24.6 Å². The van der Waals surface area contributed by atoms with E-state index in [2.05, 4.69) is 5.10 Å². The second-order valence-electron chi connectivity index (χ2n) is 4.12. The van der Waals surface area contributed by atoms with E-state index in [4.69, 9.17) is 23.2 Å². The molecule has 0 aliphatic carbocycles. The summed E-state index contributed by atoms with van der Waals surface area (Å²) < 4.78 is 1.68. The van der Waals surface area contributed by atoms with Gasteiger partial charge in [0.05, 0.1) is 21.8 Å². The molecule has 18 heavy (non-hydrogen) atoms. The van der Waals surface area contributed by atoms with E-state index in [-0.39, 0.29) is 5.78 Å². The van der Waals surface area contributed by atoms with E-state index in [0.717, 1.165) is 11.3 Å². The number of hydrogen-bond acceptors (Lipinski definition) is 2. The Morgan fingerprint density at radius 2 is 2.06 bits per heavy atom. The fraction of sp³-hybridized carbons (Fsp3) is 0.231. The summed E-state index contributed by atoms with van der Waals surface area (Å²) in [6.07, 6.45) is 1.89. The maximum Gasteiger partial charge on any atom is 0.170 e. The highest BCUT2D eigenvalue weighted by Crippen LogP contribution is 2.23. The number of rotatable bonds is 3. The minimum Gasteiger partial charge on any atom is -0.294 e. The number of hydrogen-bond donors (Lipinski definition) is 0. The average molecular weight is 283 g/mol. The van der Waals surface area contributed by atoms with E-state index in [1.807, 2.05) is 14.0 Å². The van der Waals surface area contributed by atoms with Crippen molar-refractivity contribution < 1.29 is 4.79 Å². The fourth-order valence-electron chi connectivity index (χ4n) is 1.70. The van der Waals surface area contributed by atoms with E-state index >= 15 is 0 Å². The summed E-state index contributed by atoms with van der Waals surface area (Å²) in [6.45, 7) is 1.87. The second-order valence-corrected chi connectivity index (χ2v) is 4.93. The van der Waals surface area contributed by atoms with Crippen LogP contribution in [0.2, 0.25) is 10.0 Å². The molecule has 2 aromatic rings. The Hall–Kier alpha value is -1.32. The van der Waals surface area contributed by atoms with E-state index in [1.54, 1.807) is 29.1 Å². The molecular formula is C13H12Cl2N2O. The molecule has 0 aliphatic heterocycles. The number of aromatic nitrogens is 2. The van der Waals surface area contributed by atoms with Crippen molar-refractivity contribution in [3.63, 3.8) is 0 Å². The van der Waals surface area contributed by atoms with Crippen molar-refractivity contribution in [3.8, 4) is 0 Å². The lowest BCUT2D eigenvalue weighted by Crippen LogP contribution is -2.05. The number of benzene rings is 1. The predicted molar refractivity (Wildman–Crippen MR) is 72.4 cm³/mol. The first-order chi connectivity index (χ1) is 8.49. The predicted octanol–water partition coefficient (Wildman–Crippen LogP) is 3.46. The molecule has 0 radical (unpaired) electrons. The quantitative estimate of drug-likeness (QED) is 0.808. The molecule has 94 valence electrons. The number of aryl methyl sites for hydroxylation is 1. The van der Waals surface area contributed by atoms with Crippen LogP contribution in [0.15, 0.2) is 24.4 Å². The highest BCUT2D eigenvalue weighted by atomic mass is 35.5. The van der Waals surface area contributed by atoms with Gasteiger partial charge in [-0.2, -0.15) is 5.10 Å². The maximum absolute atomic E-state index is 12.1. The maximum atomic E-state index is 12.1. The van der Waals surface area contributed by atoms with Crippen LogP contribution >= 0.6 is 23.2 Å². The molecule has 5 heteroatoms. The number of nitrogens with zero attached hydrogens (tertiary/aromatic N) is 2. The SMILES string of the molecule is Cc1c(C(=O)Cc2ccc(Cl)c(Cl)c2)cnn1C. The Bertz CT molecular complexity index is 605. The molecule has 0 aliphatic rings. The molecule has 0 spiro atoms. The smallest absolute Gasteiger partial charge is 0.170 e. The zero-order chi connectivity index (χ0) is 13.3. The molecule has 0 unspecified atom stereocenters. The number of Topliss-reactive ketones (excluding diaryl/α,β-unsaturated/α-hetero) is 1. The molecular weight excluding hydrogens is 271 g/mol. The van der Waals surface area contributed by atoms with Crippen LogP contribution in [0.5, 0.6) is 0 Å². The highest BCUT2D eigenvalue weighted by Gasteiger charge is 2.13. The van der Waals surface area contributed by atoms with Gasteiger partial charge in [-0.25, -0.2) is 0 Å². The number of carbonyl (C=O) groups is 1. The van der Waals surface area contributed by atoms with Gasteiger partial charge < -0.3 is 0 Å². The average Bonchev–Trinajstić information content (AvgIpc) is 2.65. The second kappa shape index (κ2) is 5.12. The van der Waals surface area contributed by atoms with E-state index in [0.29, 0.717) is 22.0 Å². The van der Waals surface area contributed by atoms with E-state index in [9.17, 15) is 4.79 Å². The summed E-state index contributed by atoms with van der Waals surface area (Å²) in [5.41, 5.74) is 2.35. The van der Waals surface area contributed by atoms with Gasteiger partial charge >= 0.3 is 0 Å². The molecule has 1 heterocycles. The lowest BCUT2D eigenvalue weighted by molar-refractivity contribution is 0.0992. The minimum atomic E-state index is 0.0268. The minimum absolute atomic E-state index is 0.0268. The van der Waals surface area contributed by atoms with Crippen LogP contribution in [0.4, 0.5) is 0 Å². The molecule has 2 rings (SSSR count). The number of ketones is 1. The van der Waals surface area contributed by atoms with Crippen molar-refractivity contribution in [3.05, 3.63) is 51.3 Å². The van der Waals surface area contributed by atoms with Gasteiger partial charge in [-0.15, -0.1) is 0 Å². The van der Waals surface area contributed by atoms with Crippen molar-refractivity contribution >= 4 is 29.0 Å². The van der Waals surface area contributed by atoms with E-state index < -0.39 is 0 Å². The van der Waals surface area contributed by atoms with Crippen LogP contribution in [-0.2, 0) is 13.5 Å². The van der Waals surface area contributed by atoms with Gasteiger partial charge in [0.1, 0.15) is 0 Å². The standard InChI is InChI=1S/C13H12Cl2N2O/c1-8-10(7-16-17(8)2)13(18)6-9-3-4-11(14)12(15)5-9/h3-5,7H,6H2,1-2H3. The first-order valence-electron chi connectivity index (χ1n) is 5.44. The van der Waals surface area contributed by atoms with Crippen LogP contribution in [0.25, 0.3) is 0 Å². The van der Waals surface area contributed by atoms with Crippen molar-refractivity contribution in [2.75, 3.05) is 0 Å². The Morgan fingerprint density at radius 3 is 2.61 bits per heavy atom. The lowest BCUT2D eigenvalue weighted by Gasteiger charge is -2.03. The topological polar surface area (TPSA) is 34.9 Å². The molecule has 3 nitrogen and oxygen atoms in total. The van der Waals surface area contributed by atoms with Gasteiger partial charge in [-0.1, -0.05) is 29.3 Å². The van der Waals surface area contributed by atoms with Gasteiger partial charge in [-0.3, -0.25) is 9.48 Å². The zero-order valence-electron chi connectivity index (χ0n) is 10.1. The van der Waals surface area contributed by atoms with Crippen molar-refractivity contribution in [1.82, 2.24) is 9.78 Å². The monoisotopic (exact) mass is 282 g/mol. The molecule has 1 aromatic carbocycles. The van der Waals surface area contributed by atoms with Gasteiger partial charge in [0.2, 0.25) is 0 Å². The van der Waals surface area contributed by atoms with Crippen LogP contribution in [0.1, 0.15) is 21.6 Å². The first-order valence-corrected chi connectivity index (χ1v) is 6.20. The third-order valence-corrected chi connectivity index (χ3v) is 3.62. The largest absolute Gasteiger partial charge is 0.294 e. The zero-order valence-corrected chi connectivity index (χ0v) is 11.6. The summed E-state index contributed by atoms with van der Waals surface area (Å²) in [5, 5.41) is 5.01. The first kappa shape index (κ1) is 13.1. The van der Waals surface area contributed by atoms with Crippen LogP contribution in [0.3, 0.4) is 0 Å². The summed E-state index contributed by atoms with van der Waals surface area (Å²) in [7, 11) is 1.81.